The second-order valence-corrected chi connectivity index (χ2v) is 18.2. The van der Waals surface area contributed by atoms with E-state index in [2.05, 4.69) is 35.6 Å². The van der Waals surface area contributed by atoms with Crippen molar-refractivity contribution in [2.24, 2.45) is 17.8 Å². The molecule has 3 aromatic rings. The lowest BCUT2D eigenvalue weighted by atomic mass is 10.0. The number of nitrogens with zero attached hydrogens (tertiary/aromatic N) is 6. The maximum Gasteiger partial charge on any atom is 0.327 e. The molecule has 10 atom stereocenters. The predicted molar refractivity (Wildman–Crippen MR) is 186 cm³/mol. The van der Waals surface area contributed by atoms with Gasteiger partial charge in [0.25, 0.3) is 5.56 Å². The first kappa shape index (κ1) is 37.9. The Balaban J connectivity index is 1.34. The number of amides is 1. The Bertz CT molecular complexity index is 1940. The number of H-pyrrole nitrogens is 1. The number of anilines is 2. The second-order valence-electron chi connectivity index (χ2n) is 12.5. The number of aromatic nitrogens is 6. The third kappa shape index (κ3) is 8.53. The summed E-state index contributed by atoms with van der Waals surface area (Å²) in [6.45, 7) is -3.31. The zero-order valence-corrected chi connectivity index (χ0v) is 30.9. The molecule has 2 saturated heterocycles. The summed E-state index contributed by atoms with van der Waals surface area (Å²) in [5.74, 6) is -1.75. The van der Waals surface area contributed by atoms with Crippen LogP contribution in [0.5, 0.6) is 0 Å². The minimum atomic E-state index is -4.07. The SMILES string of the molecule is CC(C)C(=O)Nc1nc2c(ncn2[C@@H]2O[C@@H]3COP(O)(=S)O[C@@H]4[C@@H](COP(=S)(OCCC#N)O[C@@H]2[C@@H]3C)C[C@@H](Nc2ccncn2)[C@@H]4F)c(=O)[nH]1. The average molecular weight is 788 g/mol. The molecule has 0 aromatic carbocycles. The Kier molecular flexibility index (Phi) is 11.6. The molecule has 5 heterocycles. The van der Waals surface area contributed by atoms with Gasteiger partial charge in [0.2, 0.25) is 11.9 Å². The van der Waals surface area contributed by atoms with Gasteiger partial charge in [0.05, 0.1) is 50.8 Å². The first-order valence-corrected chi connectivity index (χ1v) is 21.1. The van der Waals surface area contributed by atoms with E-state index in [0.29, 0.717) is 5.82 Å². The molecule has 18 nitrogen and oxygen atoms in total. The van der Waals surface area contributed by atoms with Crippen molar-refractivity contribution >= 4 is 65.9 Å². The van der Waals surface area contributed by atoms with E-state index < -0.39 is 73.5 Å². The highest BCUT2D eigenvalue weighted by Crippen LogP contribution is 2.58. The maximum absolute atomic E-state index is 16.0. The summed E-state index contributed by atoms with van der Waals surface area (Å²) >= 11 is 11.2. The highest BCUT2D eigenvalue weighted by molar-refractivity contribution is 8.07. The van der Waals surface area contributed by atoms with E-state index in [-0.39, 0.29) is 55.7 Å². The van der Waals surface area contributed by atoms with Gasteiger partial charge in [0.15, 0.2) is 17.4 Å². The number of fused-ring (bicyclic) bond motifs is 4. The quantitative estimate of drug-likeness (QED) is 0.190. The lowest BCUT2D eigenvalue weighted by molar-refractivity contribution is -0.118. The average Bonchev–Trinajstić information content (AvgIpc) is 3.73. The Labute approximate surface area is 301 Å². The zero-order chi connectivity index (χ0) is 36.5. The summed E-state index contributed by atoms with van der Waals surface area (Å²) in [7, 11) is 0. The van der Waals surface area contributed by atoms with Gasteiger partial charge in [-0.15, -0.1) is 0 Å². The summed E-state index contributed by atoms with van der Waals surface area (Å²) in [6, 6.07) is 2.76. The number of carbonyl (C=O) groups excluding carboxylic acids is 1. The van der Waals surface area contributed by atoms with Crippen molar-refractivity contribution in [2.75, 3.05) is 30.5 Å². The van der Waals surface area contributed by atoms with Crippen LogP contribution in [0.3, 0.4) is 0 Å². The molecule has 2 bridgehead atoms. The van der Waals surface area contributed by atoms with Gasteiger partial charge in [0.1, 0.15) is 30.5 Å². The van der Waals surface area contributed by atoms with Crippen LogP contribution in [-0.4, -0.2) is 90.6 Å². The van der Waals surface area contributed by atoms with Crippen molar-refractivity contribution in [1.82, 2.24) is 29.5 Å². The van der Waals surface area contributed by atoms with Gasteiger partial charge in [-0.3, -0.25) is 24.5 Å². The van der Waals surface area contributed by atoms with Crippen LogP contribution >= 0.6 is 13.4 Å². The number of aromatic amines is 1. The summed E-state index contributed by atoms with van der Waals surface area (Å²) in [6.07, 6.45) is -1.50. The van der Waals surface area contributed by atoms with Crippen molar-refractivity contribution in [3.05, 3.63) is 35.3 Å². The first-order valence-electron chi connectivity index (χ1n) is 16.0. The van der Waals surface area contributed by atoms with Crippen molar-refractivity contribution in [2.45, 2.75) is 70.4 Å². The highest BCUT2D eigenvalue weighted by Gasteiger charge is 2.51. The molecule has 3 aliphatic rings. The molecule has 51 heavy (non-hydrogen) atoms. The van der Waals surface area contributed by atoms with Gasteiger partial charge < -0.3 is 37.6 Å². The van der Waals surface area contributed by atoms with E-state index in [1.54, 1.807) is 26.8 Å². The summed E-state index contributed by atoms with van der Waals surface area (Å²) < 4.78 is 54.1. The molecule has 2 aliphatic heterocycles. The van der Waals surface area contributed by atoms with E-state index >= 15 is 4.39 Å². The van der Waals surface area contributed by atoms with E-state index in [4.69, 9.17) is 51.0 Å². The van der Waals surface area contributed by atoms with Crippen molar-refractivity contribution in [1.29, 1.82) is 5.26 Å². The lowest BCUT2D eigenvalue weighted by Crippen LogP contribution is -2.34. The molecule has 0 radical (unpaired) electrons. The van der Waals surface area contributed by atoms with Crippen LogP contribution in [0.15, 0.2) is 29.7 Å². The highest BCUT2D eigenvalue weighted by atomic mass is 32.5. The number of carbonyl (C=O) groups is 1. The third-order valence-electron chi connectivity index (χ3n) is 8.62. The molecule has 3 fully saturated rings. The van der Waals surface area contributed by atoms with Gasteiger partial charge in [-0.05, 0) is 36.1 Å². The van der Waals surface area contributed by atoms with Crippen LogP contribution in [0, 0.1) is 29.1 Å². The van der Waals surface area contributed by atoms with Crippen molar-refractivity contribution < 1.29 is 41.4 Å². The monoisotopic (exact) mass is 787 g/mol. The molecule has 276 valence electrons. The summed E-state index contributed by atoms with van der Waals surface area (Å²) in [4.78, 5) is 55.7. The Morgan fingerprint density at radius 1 is 1.27 bits per heavy atom. The molecule has 1 saturated carbocycles. The van der Waals surface area contributed by atoms with Gasteiger partial charge >= 0.3 is 13.4 Å². The van der Waals surface area contributed by atoms with Crippen LogP contribution in [-0.2, 0) is 55.8 Å². The van der Waals surface area contributed by atoms with Crippen LogP contribution in [0.4, 0.5) is 16.2 Å². The number of halogens is 1. The molecule has 23 heteroatoms. The molecule has 6 rings (SSSR count). The van der Waals surface area contributed by atoms with Crippen molar-refractivity contribution in [3.63, 3.8) is 0 Å². The third-order valence-corrected chi connectivity index (χ3v) is 12.5. The standard InChI is InChI=1S/C28H36FN9O9P2S2/c1-14(2)25(39)36-28-35-24-21(26(40)37-28)33-13-38(24)27-22-15(3)18(45-27)11-43-48(41,50)46-23-16(10-44-49(51,47-22)42-8-4-6-30)9-17(20(23)29)34-19-5-7-31-12-32-19/h5,7,12-18,20,22-23,27H,4,8-11H2,1-3H3,(H,41,50)(H,31,32,34)(H2,35,36,37,39,40)/t15-,16-,17-,18-,20+,22-,23-,27-,48?,49?/m1/s1. The molecule has 0 spiro atoms. The number of rotatable bonds is 8. The maximum atomic E-state index is 16.0. The number of nitrogens with one attached hydrogen (secondary N) is 3. The van der Waals surface area contributed by atoms with Crippen LogP contribution in [0.1, 0.15) is 39.8 Å². The molecular formula is C28H36FN9O9P2S2. The number of hydrogen-bond donors (Lipinski definition) is 4. The first-order chi connectivity index (χ1) is 24.3. The Morgan fingerprint density at radius 3 is 2.80 bits per heavy atom. The lowest BCUT2D eigenvalue weighted by Gasteiger charge is -2.31. The fourth-order valence-corrected chi connectivity index (χ4v) is 9.58. The van der Waals surface area contributed by atoms with E-state index in [1.165, 1.54) is 23.4 Å². The fraction of sp³-hybridized carbons (Fsp3) is 0.607. The van der Waals surface area contributed by atoms with Gasteiger partial charge in [-0.25, -0.2) is 19.3 Å². The Morgan fingerprint density at radius 2 is 2.08 bits per heavy atom. The van der Waals surface area contributed by atoms with Crippen LogP contribution in [0.2, 0.25) is 0 Å². The minimum Gasteiger partial charge on any atom is -0.364 e. The topological polar surface area (TPSA) is 230 Å². The van der Waals surface area contributed by atoms with E-state index in [0.717, 1.165) is 0 Å². The normalized spacial score (nSPS) is 34.2. The number of ether oxygens (including phenoxy) is 1. The van der Waals surface area contributed by atoms with Gasteiger partial charge in [-0.2, -0.15) is 10.2 Å². The molecule has 1 aliphatic carbocycles. The minimum absolute atomic E-state index is 0.0223. The Hall–Kier alpha value is -2.86. The van der Waals surface area contributed by atoms with E-state index in [9.17, 15) is 19.7 Å². The molecular weight excluding hydrogens is 751 g/mol. The molecule has 4 N–H and O–H groups in total. The number of alkyl halides is 1. The summed E-state index contributed by atoms with van der Waals surface area (Å²) in [5.41, 5.74) is -0.592. The second kappa shape index (κ2) is 15.6. The van der Waals surface area contributed by atoms with Gasteiger partial charge in [0, 0.05) is 24.0 Å². The molecule has 3 aromatic heterocycles. The number of imidazole rings is 1. The fourth-order valence-electron chi connectivity index (χ4n) is 5.93. The summed E-state index contributed by atoms with van der Waals surface area (Å²) in [5, 5.41) is 14.8. The number of nitriles is 1. The van der Waals surface area contributed by atoms with E-state index in [1.807, 2.05) is 6.07 Å². The van der Waals surface area contributed by atoms with Crippen molar-refractivity contribution in [3.8, 4) is 6.07 Å². The van der Waals surface area contributed by atoms with Crippen LogP contribution in [0.25, 0.3) is 11.2 Å². The van der Waals surface area contributed by atoms with Crippen LogP contribution < -0.4 is 16.2 Å². The smallest absolute Gasteiger partial charge is 0.327 e. The largest absolute Gasteiger partial charge is 0.364 e. The number of hydrogen-bond acceptors (Lipinski definition) is 16. The molecule has 1 amide bonds. The van der Waals surface area contributed by atoms with Gasteiger partial charge in [-0.1, -0.05) is 20.8 Å². The predicted octanol–water partition coefficient (Wildman–Crippen LogP) is 3.07. The zero-order valence-electron chi connectivity index (χ0n) is 27.5. The molecule has 2 unspecified atom stereocenters.